The van der Waals surface area contributed by atoms with Crippen LogP contribution < -0.4 is 16.0 Å². The number of benzene rings is 2. The van der Waals surface area contributed by atoms with Crippen LogP contribution in [0.15, 0.2) is 54.9 Å². The van der Waals surface area contributed by atoms with Crippen molar-refractivity contribution in [3.05, 3.63) is 54.9 Å². The zero-order valence-electron chi connectivity index (χ0n) is 14.5. The molecular formula is C19H19N5O2. The molecule has 1 atom stereocenters. The van der Waals surface area contributed by atoms with Crippen molar-refractivity contribution in [2.45, 2.75) is 19.9 Å². The summed E-state index contributed by atoms with van der Waals surface area (Å²) >= 11 is 0. The second-order valence-electron chi connectivity index (χ2n) is 5.85. The van der Waals surface area contributed by atoms with Crippen LogP contribution in [0.5, 0.6) is 0 Å². The molecule has 1 aromatic heterocycles. The van der Waals surface area contributed by atoms with Crippen molar-refractivity contribution < 1.29 is 9.59 Å². The van der Waals surface area contributed by atoms with E-state index in [4.69, 9.17) is 0 Å². The maximum atomic E-state index is 12.4. The molecule has 0 bridgehead atoms. The van der Waals surface area contributed by atoms with E-state index < -0.39 is 6.04 Å². The number of nitrogens with zero attached hydrogens (tertiary/aromatic N) is 2. The summed E-state index contributed by atoms with van der Waals surface area (Å²) in [5, 5.41) is 9.49. The number of para-hydroxylation sites is 1. The van der Waals surface area contributed by atoms with Gasteiger partial charge in [0, 0.05) is 23.7 Å². The Morgan fingerprint density at radius 3 is 2.27 bits per heavy atom. The molecule has 3 N–H and O–H groups in total. The third-order valence-electron chi connectivity index (χ3n) is 3.76. The molecule has 7 heteroatoms. The fourth-order valence-electron chi connectivity index (χ4n) is 2.48. The fourth-order valence-corrected chi connectivity index (χ4v) is 2.48. The van der Waals surface area contributed by atoms with Crippen LogP contribution in [0, 0.1) is 0 Å². The molecule has 26 heavy (non-hydrogen) atoms. The van der Waals surface area contributed by atoms with Gasteiger partial charge in [0.15, 0.2) is 0 Å². The van der Waals surface area contributed by atoms with Crippen molar-refractivity contribution in [2.24, 2.45) is 0 Å². The van der Waals surface area contributed by atoms with E-state index in [2.05, 4.69) is 25.9 Å². The predicted molar refractivity (Wildman–Crippen MR) is 102 cm³/mol. The van der Waals surface area contributed by atoms with Crippen LogP contribution in [0.3, 0.4) is 0 Å². The number of carbonyl (C=O) groups is 2. The number of carbonyl (C=O) groups excluding carboxylic acids is 2. The van der Waals surface area contributed by atoms with Gasteiger partial charge in [-0.3, -0.25) is 9.59 Å². The van der Waals surface area contributed by atoms with Crippen LogP contribution in [0.4, 0.5) is 17.2 Å². The standard InChI is InChI=1S/C19H19N5O2/c1-12(22-18-16-5-3-4-6-17(16)20-11-21-18)19(26)24-15-9-7-14(8-10-15)23-13(2)25/h3-12H,1-2H3,(H,23,25)(H,24,26)(H,20,21,22). The molecular weight excluding hydrogens is 330 g/mol. The Balaban J connectivity index is 1.67. The van der Waals surface area contributed by atoms with E-state index >= 15 is 0 Å². The summed E-state index contributed by atoms with van der Waals surface area (Å²) in [6.45, 7) is 3.21. The highest BCUT2D eigenvalue weighted by molar-refractivity contribution is 5.98. The number of hydrogen-bond acceptors (Lipinski definition) is 5. The van der Waals surface area contributed by atoms with Crippen molar-refractivity contribution in [2.75, 3.05) is 16.0 Å². The van der Waals surface area contributed by atoms with Crippen LogP contribution in [0.1, 0.15) is 13.8 Å². The molecule has 7 nitrogen and oxygen atoms in total. The van der Waals surface area contributed by atoms with Gasteiger partial charge in [-0.15, -0.1) is 0 Å². The molecule has 132 valence electrons. The largest absolute Gasteiger partial charge is 0.358 e. The number of aromatic nitrogens is 2. The monoisotopic (exact) mass is 349 g/mol. The summed E-state index contributed by atoms with van der Waals surface area (Å²) in [6.07, 6.45) is 1.47. The highest BCUT2D eigenvalue weighted by atomic mass is 16.2. The second kappa shape index (κ2) is 7.60. The molecule has 0 aliphatic rings. The van der Waals surface area contributed by atoms with Gasteiger partial charge in [-0.25, -0.2) is 9.97 Å². The van der Waals surface area contributed by atoms with Gasteiger partial charge in [0.2, 0.25) is 11.8 Å². The zero-order chi connectivity index (χ0) is 18.5. The van der Waals surface area contributed by atoms with E-state index in [-0.39, 0.29) is 11.8 Å². The normalized spacial score (nSPS) is 11.6. The molecule has 2 amide bonds. The first kappa shape index (κ1) is 17.3. The third-order valence-corrected chi connectivity index (χ3v) is 3.76. The van der Waals surface area contributed by atoms with Crippen LogP contribution in [-0.4, -0.2) is 27.8 Å². The van der Waals surface area contributed by atoms with Crippen molar-refractivity contribution in [3.8, 4) is 0 Å². The van der Waals surface area contributed by atoms with E-state index in [1.807, 2.05) is 24.3 Å². The molecule has 0 aliphatic carbocycles. The van der Waals surface area contributed by atoms with Gasteiger partial charge in [0.05, 0.1) is 5.52 Å². The van der Waals surface area contributed by atoms with Crippen molar-refractivity contribution >= 4 is 39.9 Å². The maximum Gasteiger partial charge on any atom is 0.246 e. The van der Waals surface area contributed by atoms with Crippen LogP contribution >= 0.6 is 0 Å². The molecule has 1 heterocycles. The van der Waals surface area contributed by atoms with Gasteiger partial charge in [-0.05, 0) is 43.3 Å². The molecule has 0 aliphatic heterocycles. The van der Waals surface area contributed by atoms with E-state index in [0.29, 0.717) is 17.2 Å². The smallest absolute Gasteiger partial charge is 0.246 e. The lowest BCUT2D eigenvalue weighted by Gasteiger charge is -2.16. The zero-order valence-corrected chi connectivity index (χ0v) is 14.5. The first-order chi connectivity index (χ1) is 12.5. The number of hydrogen-bond donors (Lipinski definition) is 3. The molecule has 3 rings (SSSR count). The molecule has 2 aromatic carbocycles. The summed E-state index contributed by atoms with van der Waals surface area (Å²) in [5.41, 5.74) is 2.13. The number of nitrogens with one attached hydrogen (secondary N) is 3. The third kappa shape index (κ3) is 4.13. The van der Waals surface area contributed by atoms with Crippen molar-refractivity contribution in [1.82, 2.24) is 9.97 Å². The fraction of sp³-hybridized carbons (Fsp3) is 0.158. The Bertz CT molecular complexity index is 935. The van der Waals surface area contributed by atoms with Gasteiger partial charge in [0.25, 0.3) is 0 Å². The Hall–Kier alpha value is -3.48. The summed E-state index contributed by atoms with van der Waals surface area (Å²) < 4.78 is 0. The average molecular weight is 349 g/mol. The van der Waals surface area contributed by atoms with Crippen molar-refractivity contribution in [1.29, 1.82) is 0 Å². The van der Waals surface area contributed by atoms with E-state index in [0.717, 1.165) is 10.9 Å². The highest BCUT2D eigenvalue weighted by Gasteiger charge is 2.15. The van der Waals surface area contributed by atoms with Gasteiger partial charge >= 0.3 is 0 Å². The lowest BCUT2D eigenvalue weighted by atomic mass is 10.2. The molecule has 0 saturated carbocycles. The predicted octanol–water partition coefficient (Wildman–Crippen LogP) is 3.03. The maximum absolute atomic E-state index is 12.4. The molecule has 0 radical (unpaired) electrons. The van der Waals surface area contributed by atoms with E-state index in [9.17, 15) is 9.59 Å². The molecule has 0 fully saturated rings. The minimum Gasteiger partial charge on any atom is -0.358 e. The van der Waals surface area contributed by atoms with Gasteiger partial charge in [0.1, 0.15) is 18.2 Å². The minimum absolute atomic E-state index is 0.142. The number of fused-ring (bicyclic) bond motifs is 1. The Labute approximate surface area is 150 Å². The lowest BCUT2D eigenvalue weighted by molar-refractivity contribution is -0.116. The number of anilines is 3. The molecule has 0 saturated heterocycles. The van der Waals surface area contributed by atoms with Gasteiger partial charge in [-0.2, -0.15) is 0 Å². The number of rotatable bonds is 5. The van der Waals surface area contributed by atoms with E-state index in [1.54, 1.807) is 31.2 Å². The van der Waals surface area contributed by atoms with E-state index in [1.165, 1.54) is 13.3 Å². The molecule has 3 aromatic rings. The topological polar surface area (TPSA) is 96.0 Å². The Kier molecular flexibility index (Phi) is 5.07. The van der Waals surface area contributed by atoms with Gasteiger partial charge in [-0.1, -0.05) is 12.1 Å². The first-order valence-corrected chi connectivity index (χ1v) is 8.18. The Morgan fingerprint density at radius 1 is 0.923 bits per heavy atom. The van der Waals surface area contributed by atoms with Gasteiger partial charge < -0.3 is 16.0 Å². The number of amides is 2. The second-order valence-corrected chi connectivity index (χ2v) is 5.85. The average Bonchev–Trinajstić information content (AvgIpc) is 2.63. The Morgan fingerprint density at radius 2 is 1.58 bits per heavy atom. The van der Waals surface area contributed by atoms with Crippen LogP contribution in [-0.2, 0) is 9.59 Å². The van der Waals surface area contributed by atoms with Crippen LogP contribution in [0.25, 0.3) is 10.9 Å². The molecule has 1 unspecified atom stereocenters. The molecule has 0 spiro atoms. The summed E-state index contributed by atoms with van der Waals surface area (Å²) in [4.78, 5) is 31.9. The quantitative estimate of drug-likeness (QED) is 0.658. The van der Waals surface area contributed by atoms with Crippen LogP contribution in [0.2, 0.25) is 0 Å². The summed E-state index contributed by atoms with van der Waals surface area (Å²) in [7, 11) is 0. The highest BCUT2D eigenvalue weighted by Crippen LogP contribution is 2.19. The van der Waals surface area contributed by atoms with Crippen molar-refractivity contribution in [3.63, 3.8) is 0 Å². The SMILES string of the molecule is CC(=O)Nc1ccc(NC(=O)C(C)Nc2ncnc3ccccc23)cc1. The first-order valence-electron chi connectivity index (χ1n) is 8.18. The summed E-state index contributed by atoms with van der Waals surface area (Å²) in [5.74, 6) is 0.274. The lowest BCUT2D eigenvalue weighted by Crippen LogP contribution is -2.32. The minimum atomic E-state index is -0.497. The summed E-state index contributed by atoms with van der Waals surface area (Å²) in [6, 6.07) is 14.0.